The highest BCUT2D eigenvalue weighted by Gasteiger charge is 2.48. The molecular weight excluding hydrogens is 371 g/mol. The van der Waals surface area contributed by atoms with E-state index in [1.165, 1.54) is 14.0 Å². The summed E-state index contributed by atoms with van der Waals surface area (Å²) in [6.45, 7) is 3.09. The molecule has 0 bridgehead atoms. The van der Waals surface area contributed by atoms with Crippen LogP contribution in [0.15, 0.2) is 15.8 Å². The first-order valence-electron chi connectivity index (χ1n) is 7.95. The van der Waals surface area contributed by atoms with E-state index in [9.17, 15) is 24.4 Å². The van der Waals surface area contributed by atoms with E-state index in [1.54, 1.807) is 6.92 Å². The Labute approximate surface area is 148 Å². The lowest BCUT2D eigenvalue weighted by molar-refractivity contribution is -0.0520. The average Bonchev–Trinajstić information content (AvgIpc) is 2.79. The first-order valence-corrected chi connectivity index (χ1v) is 9.48. The van der Waals surface area contributed by atoms with Gasteiger partial charge in [-0.25, -0.2) is 9.36 Å². The van der Waals surface area contributed by atoms with E-state index >= 15 is 0 Å². The summed E-state index contributed by atoms with van der Waals surface area (Å²) in [5.74, 6) is 0. The third kappa shape index (κ3) is 4.32. The van der Waals surface area contributed by atoms with E-state index in [0.29, 0.717) is 0 Å². The van der Waals surface area contributed by atoms with Gasteiger partial charge < -0.3 is 29.7 Å². The van der Waals surface area contributed by atoms with Gasteiger partial charge in [0.15, 0.2) is 0 Å². The van der Waals surface area contributed by atoms with Crippen LogP contribution in [0.2, 0.25) is 0 Å². The van der Waals surface area contributed by atoms with Crippen molar-refractivity contribution < 1.29 is 33.8 Å². The zero-order chi connectivity index (χ0) is 19.9. The van der Waals surface area contributed by atoms with Crippen LogP contribution in [0.5, 0.6) is 0 Å². The fourth-order valence-electron chi connectivity index (χ4n) is 2.92. The number of rotatable bonds is 6. The quantitative estimate of drug-likeness (QED) is 0.376. The lowest BCUT2D eigenvalue weighted by atomic mass is 9.92. The van der Waals surface area contributed by atoms with Gasteiger partial charge in [-0.1, -0.05) is 6.92 Å². The summed E-state index contributed by atoms with van der Waals surface area (Å²) in [6.07, 6.45) is -3.94. The highest BCUT2D eigenvalue weighted by Crippen LogP contribution is 2.46. The molecule has 5 atom stereocenters. The molecule has 1 saturated heterocycles. The summed E-state index contributed by atoms with van der Waals surface area (Å²) < 4.78 is 22.4. The van der Waals surface area contributed by atoms with Crippen LogP contribution in [0.3, 0.4) is 0 Å². The monoisotopic (exact) mass is 394 g/mol. The number of aliphatic hydroxyl groups excluding tert-OH is 2. The van der Waals surface area contributed by atoms with Gasteiger partial charge in [-0.2, -0.15) is 0 Å². The fourth-order valence-corrected chi connectivity index (χ4v) is 3.70. The van der Waals surface area contributed by atoms with Crippen LogP contribution >= 0.6 is 7.82 Å². The first kappa shape index (κ1) is 21.0. The molecule has 0 spiro atoms. The predicted octanol–water partition coefficient (Wildman–Crippen LogP) is -1.10. The second-order valence-corrected chi connectivity index (χ2v) is 7.74. The number of phosphoric ester groups is 1. The number of hydrogen-bond acceptors (Lipinski definition) is 7. The summed E-state index contributed by atoms with van der Waals surface area (Å²) >= 11 is 0. The van der Waals surface area contributed by atoms with Crippen LogP contribution in [-0.2, 0) is 20.9 Å². The molecule has 26 heavy (non-hydrogen) atoms. The Hall–Kier alpha value is -1.33. The molecule has 0 saturated carbocycles. The molecule has 5 N–H and O–H groups in total. The molecule has 0 aromatic carbocycles. The van der Waals surface area contributed by atoms with Gasteiger partial charge >= 0.3 is 13.5 Å². The number of phosphoric acid groups is 1. The van der Waals surface area contributed by atoms with Crippen molar-refractivity contribution in [1.29, 1.82) is 0 Å². The number of hydrogen-bond donors (Lipinski definition) is 5. The third-order valence-electron chi connectivity index (χ3n) is 4.60. The Kier molecular flexibility index (Phi) is 5.93. The summed E-state index contributed by atoms with van der Waals surface area (Å²) in [7, 11) is -3.53. The van der Waals surface area contributed by atoms with E-state index in [1.807, 2.05) is 0 Å². The number of aromatic nitrogens is 2. The number of ether oxygens (including phenoxy) is 1. The second kappa shape index (κ2) is 7.35. The number of H-pyrrole nitrogens is 1. The van der Waals surface area contributed by atoms with Crippen molar-refractivity contribution in [2.45, 2.75) is 56.7 Å². The summed E-state index contributed by atoms with van der Waals surface area (Å²) in [5, 5.41) is 20.5. The summed E-state index contributed by atoms with van der Waals surface area (Å²) in [5.41, 5.74) is -2.70. The Morgan fingerprint density at radius 2 is 1.96 bits per heavy atom. The van der Waals surface area contributed by atoms with E-state index in [2.05, 4.69) is 4.98 Å². The smallest absolute Gasteiger partial charge is 0.388 e. The Balaban J connectivity index is 2.27. The predicted molar refractivity (Wildman–Crippen MR) is 88.4 cm³/mol. The van der Waals surface area contributed by atoms with Gasteiger partial charge in [0, 0.05) is 19.7 Å². The summed E-state index contributed by atoms with van der Waals surface area (Å²) in [4.78, 5) is 44.1. The van der Waals surface area contributed by atoms with Crippen molar-refractivity contribution in [3.05, 3.63) is 32.6 Å². The number of aliphatic hydroxyl groups is 2. The molecule has 1 aromatic rings. The maximum atomic E-state index is 12.2. The molecule has 0 radical (unpaired) electrons. The Bertz CT molecular complexity index is 815. The average molecular weight is 394 g/mol. The van der Waals surface area contributed by atoms with Crippen molar-refractivity contribution in [2.24, 2.45) is 7.05 Å². The van der Waals surface area contributed by atoms with Crippen LogP contribution < -0.4 is 11.2 Å². The molecule has 0 aliphatic carbocycles. The van der Waals surface area contributed by atoms with Gasteiger partial charge in [0.25, 0.3) is 5.56 Å². The Morgan fingerprint density at radius 1 is 1.35 bits per heavy atom. The van der Waals surface area contributed by atoms with Crippen LogP contribution in [0, 0.1) is 0 Å². The minimum Gasteiger partial charge on any atom is -0.388 e. The molecular formula is C14H23N2O9P. The van der Waals surface area contributed by atoms with Crippen LogP contribution in [0.25, 0.3) is 0 Å². The van der Waals surface area contributed by atoms with Crippen LogP contribution in [0.1, 0.15) is 38.4 Å². The van der Waals surface area contributed by atoms with E-state index in [4.69, 9.17) is 19.0 Å². The van der Waals surface area contributed by atoms with Gasteiger partial charge in [-0.3, -0.25) is 13.9 Å². The number of nitrogens with zero attached hydrogens (tertiary/aromatic N) is 1. The fraction of sp³-hybridized carbons (Fsp3) is 0.714. The number of nitrogens with one attached hydrogen (secondary N) is 1. The molecule has 2 heterocycles. The SMILES string of the molecule is CCC(C)(C[C@H]1O[C@@H](c2c[nH]c(=O)n(C)c2=O)[C@H](O)[C@@H]1O)OP(=O)(O)O. The zero-order valence-corrected chi connectivity index (χ0v) is 15.4. The molecule has 2 rings (SSSR count). The van der Waals surface area contributed by atoms with Gasteiger partial charge in [0.05, 0.1) is 17.3 Å². The largest absolute Gasteiger partial charge is 0.470 e. The topological polar surface area (TPSA) is 171 Å². The van der Waals surface area contributed by atoms with Crippen molar-refractivity contribution >= 4 is 7.82 Å². The minimum absolute atomic E-state index is 0.0461. The molecule has 0 amide bonds. The second-order valence-electron chi connectivity index (χ2n) is 6.58. The third-order valence-corrected chi connectivity index (χ3v) is 5.28. The molecule has 12 heteroatoms. The van der Waals surface area contributed by atoms with E-state index in [-0.39, 0.29) is 18.4 Å². The number of aromatic amines is 1. The zero-order valence-electron chi connectivity index (χ0n) is 14.5. The standard InChI is InChI=1S/C14H23N2O9P/c1-4-14(2,25-26(21,22)23)5-8-9(17)10(18)11(24-8)7-6-15-13(20)16(3)12(7)19/h6,8-11,17-18H,4-5H2,1-3H3,(H,15,20)(H2,21,22,23)/t8-,9-,10-,11+,14?/m1/s1. The maximum absolute atomic E-state index is 12.2. The normalized spacial score (nSPS) is 28.9. The minimum atomic E-state index is -4.78. The molecule has 1 aliphatic heterocycles. The molecule has 1 aromatic heterocycles. The highest BCUT2D eigenvalue weighted by molar-refractivity contribution is 7.46. The van der Waals surface area contributed by atoms with Crippen LogP contribution in [-0.4, -0.2) is 53.5 Å². The van der Waals surface area contributed by atoms with Crippen molar-refractivity contribution in [3.63, 3.8) is 0 Å². The van der Waals surface area contributed by atoms with Gasteiger partial charge in [0.2, 0.25) is 0 Å². The van der Waals surface area contributed by atoms with Gasteiger partial charge in [-0.15, -0.1) is 0 Å². The van der Waals surface area contributed by atoms with E-state index in [0.717, 1.165) is 10.8 Å². The van der Waals surface area contributed by atoms with Crippen molar-refractivity contribution in [3.8, 4) is 0 Å². The van der Waals surface area contributed by atoms with Crippen molar-refractivity contribution in [1.82, 2.24) is 9.55 Å². The molecule has 11 nitrogen and oxygen atoms in total. The van der Waals surface area contributed by atoms with Crippen molar-refractivity contribution in [2.75, 3.05) is 0 Å². The summed E-state index contributed by atoms with van der Waals surface area (Å²) in [6, 6.07) is 0. The molecule has 1 unspecified atom stereocenters. The Morgan fingerprint density at radius 3 is 2.50 bits per heavy atom. The lowest BCUT2D eigenvalue weighted by Gasteiger charge is -2.31. The highest BCUT2D eigenvalue weighted by atomic mass is 31.2. The van der Waals surface area contributed by atoms with E-state index < -0.39 is 49.1 Å². The molecule has 148 valence electrons. The van der Waals surface area contributed by atoms with Crippen LogP contribution in [0.4, 0.5) is 0 Å². The lowest BCUT2D eigenvalue weighted by Crippen LogP contribution is -2.39. The molecule has 1 fully saturated rings. The van der Waals surface area contributed by atoms with Gasteiger partial charge in [0.1, 0.15) is 18.3 Å². The maximum Gasteiger partial charge on any atom is 0.470 e. The van der Waals surface area contributed by atoms with Gasteiger partial charge in [-0.05, 0) is 13.3 Å². The first-order chi connectivity index (χ1) is 11.9. The molecule has 1 aliphatic rings.